The molecule has 0 aliphatic heterocycles. The molecule has 3 rings (SSSR count). The van der Waals surface area contributed by atoms with Gasteiger partial charge in [-0.25, -0.2) is 8.42 Å². The fourth-order valence-corrected chi connectivity index (χ4v) is 7.12. The van der Waals surface area contributed by atoms with Gasteiger partial charge in [0.2, 0.25) is 0 Å². The van der Waals surface area contributed by atoms with E-state index in [1.165, 1.54) is 6.07 Å². The molecule has 114 valence electrons. The summed E-state index contributed by atoms with van der Waals surface area (Å²) in [4.78, 5) is 11.9. The molecular formula is C15H17BrO4S. The lowest BCUT2D eigenvalue weighted by Gasteiger charge is -2.51. The van der Waals surface area contributed by atoms with Crippen molar-refractivity contribution in [2.45, 2.75) is 48.2 Å². The van der Waals surface area contributed by atoms with Crippen LogP contribution in [0.15, 0.2) is 33.6 Å². The number of hydrogen-bond donors (Lipinski definition) is 1. The Morgan fingerprint density at radius 2 is 1.71 bits per heavy atom. The highest BCUT2D eigenvalue weighted by Crippen LogP contribution is 2.62. The van der Waals surface area contributed by atoms with Crippen LogP contribution in [-0.4, -0.2) is 24.2 Å². The summed E-state index contributed by atoms with van der Waals surface area (Å²) in [5, 5.41) is 9.62. The number of carbonyl (C=O) groups is 1. The van der Waals surface area contributed by atoms with Crippen LogP contribution in [0.4, 0.5) is 0 Å². The van der Waals surface area contributed by atoms with Crippen LogP contribution in [0.1, 0.15) is 38.5 Å². The Bertz CT molecular complexity index is 681. The van der Waals surface area contributed by atoms with E-state index in [-0.39, 0.29) is 23.2 Å². The molecule has 0 bridgehead atoms. The lowest BCUT2D eigenvalue weighted by Crippen LogP contribution is -2.60. The largest absolute Gasteiger partial charge is 0.480 e. The van der Waals surface area contributed by atoms with Gasteiger partial charge in [-0.1, -0.05) is 25.0 Å². The number of hydrogen-bond acceptors (Lipinski definition) is 3. The SMILES string of the molecule is O=C(O)C1(S(=O)(=O)c2ccccc2Br)CC2(CCCC2)C1. The third-order valence-electron chi connectivity index (χ3n) is 5.02. The Morgan fingerprint density at radius 3 is 2.24 bits per heavy atom. The second kappa shape index (κ2) is 4.81. The summed E-state index contributed by atoms with van der Waals surface area (Å²) in [5.41, 5.74) is -0.0628. The monoisotopic (exact) mass is 372 g/mol. The van der Waals surface area contributed by atoms with E-state index < -0.39 is 20.6 Å². The number of sulfone groups is 1. The first kappa shape index (κ1) is 15.0. The molecule has 0 heterocycles. The van der Waals surface area contributed by atoms with E-state index in [4.69, 9.17) is 0 Å². The van der Waals surface area contributed by atoms with Crippen LogP contribution in [0.25, 0.3) is 0 Å². The van der Waals surface area contributed by atoms with E-state index in [0.29, 0.717) is 4.47 Å². The van der Waals surface area contributed by atoms with Crippen molar-refractivity contribution in [1.29, 1.82) is 0 Å². The summed E-state index contributed by atoms with van der Waals surface area (Å²) in [5.74, 6) is -1.21. The molecule has 1 aromatic carbocycles. The van der Waals surface area contributed by atoms with Gasteiger partial charge in [0, 0.05) is 4.47 Å². The quantitative estimate of drug-likeness (QED) is 0.882. The van der Waals surface area contributed by atoms with Gasteiger partial charge in [-0.05, 0) is 59.2 Å². The van der Waals surface area contributed by atoms with Crippen LogP contribution < -0.4 is 0 Å². The maximum absolute atomic E-state index is 12.9. The third kappa shape index (κ3) is 2.06. The fourth-order valence-electron chi connectivity index (χ4n) is 3.97. The van der Waals surface area contributed by atoms with Crippen molar-refractivity contribution in [3.8, 4) is 0 Å². The maximum atomic E-state index is 12.9. The molecule has 2 aliphatic carbocycles. The number of carboxylic acid groups (broad SMARTS) is 1. The molecule has 0 atom stereocenters. The van der Waals surface area contributed by atoms with Crippen molar-refractivity contribution in [1.82, 2.24) is 0 Å². The fraction of sp³-hybridized carbons (Fsp3) is 0.533. The van der Waals surface area contributed by atoms with Crippen molar-refractivity contribution >= 4 is 31.7 Å². The first-order chi connectivity index (χ1) is 9.83. The van der Waals surface area contributed by atoms with E-state index in [1.807, 2.05) is 0 Å². The Hall–Kier alpha value is -0.880. The standard InChI is InChI=1S/C15H17BrO4S/c16-11-5-1-2-6-12(11)21(19,20)15(13(17)18)9-14(10-15)7-3-4-8-14/h1-2,5-6H,3-4,7-10H2,(H,17,18). The second-order valence-corrected chi connectivity index (χ2v) is 9.38. The van der Waals surface area contributed by atoms with E-state index in [2.05, 4.69) is 15.9 Å². The number of benzene rings is 1. The molecule has 0 unspecified atom stereocenters. The molecule has 6 heteroatoms. The number of aliphatic carboxylic acids is 1. The highest BCUT2D eigenvalue weighted by Gasteiger charge is 2.66. The highest BCUT2D eigenvalue weighted by molar-refractivity contribution is 9.10. The predicted octanol–water partition coefficient (Wildman–Crippen LogP) is 3.40. The molecule has 0 saturated heterocycles. The van der Waals surface area contributed by atoms with Crippen molar-refractivity contribution in [3.63, 3.8) is 0 Å². The lowest BCUT2D eigenvalue weighted by atomic mass is 9.60. The smallest absolute Gasteiger partial charge is 0.325 e. The number of rotatable bonds is 3. The van der Waals surface area contributed by atoms with Crippen molar-refractivity contribution in [3.05, 3.63) is 28.7 Å². The zero-order valence-electron chi connectivity index (χ0n) is 11.5. The van der Waals surface area contributed by atoms with Gasteiger partial charge in [0.1, 0.15) is 0 Å². The normalized spacial score (nSPS) is 22.9. The number of carboxylic acids is 1. The summed E-state index contributed by atoms with van der Waals surface area (Å²) in [6.07, 6.45) is 4.55. The molecule has 2 fully saturated rings. The zero-order chi connectivity index (χ0) is 15.3. The second-order valence-electron chi connectivity index (χ2n) is 6.29. The van der Waals surface area contributed by atoms with Gasteiger partial charge in [0.25, 0.3) is 0 Å². The molecule has 21 heavy (non-hydrogen) atoms. The summed E-state index contributed by atoms with van der Waals surface area (Å²) in [6, 6.07) is 6.45. The molecule has 0 aromatic heterocycles. The minimum Gasteiger partial charge on any atom is -0.480 e. The molecule has 2 saturated carbocycles. The topological polar surface area (TPSA) is 71.4 Å². The first-order valence-corrected chi connectivity index (χ1v) is 9.33. The van der Waals surface area contributed by atoms with Crippen LogP contribution in [-0.2, 0) is 14.6 Å². The van der Waals surface area contributed by atoms with Crippen LogP contribution in [0.2, 0.25) is 0 Å². The van der Waals surface area contributed by atoms with Gasteiger partial charge in [0.15, 0.2) is 14.6 Å². The average molecular weight is 373 g/mol. The predicted molar refractivity (Wildman–Crippen MR) is 81.8 cm³/mol. The van der Waals surface area contributed by atoms with Crippen LogP contribution in [0.3, 0.4) is 0 Å². The number of halogens is 1. The Labute approximate surface area is 132 Å². The van der Waals surface area contributed by atoms with Gasteiger partial charge in [-0.15, -0.1) is 0 Å². The van der Waals surface area contributed by atoms with Crippen molar-refractivity contribution in [2.75, 3.05) is 0 Å². The van der Waals surface area contributed by atoms with Gasteiger partial charge >= 0.3 is 5.97 Å². The lowest BCUT2D eigenvalue weighted by molar-refractivity contribution is -0.147. The Kier molecular flexibility index (Phi) is 3.44. The first-order valence-electron chi connectivity index (χ1n) is 7.06. The van der Waals surface area contributed by atoms with Crippen molar-refractivity contribution in [2.24, 2.45) is 5.41 Å². The van der Waals surface area contributed by atoms with E-state index in [1.54, 1.807) is 18.2 Å². The minimum absolute atomic E-state index is 0.0628. The minimum atomic E-state index is -3.90. The average Bonchev–Trinajstić information content (AvgIpc) is 2.85. The van der Waals surface area contributed by atoms with Crippen LogP contribution in [0.5, 0.6) is 0 Å². The van der Waals surface area contributed by atoms with Gasteiger partial charge in [-0.2, -0.15) is 0 Å². The molecule has 1 N–H and O–H groups in total. The van der Waals surface area contributed by atoms with Gasteiger partial charge < -0.3 is 5.11 Å². The van der Waals surface area contributed by atoms with Crippen LogP contribution in [0, 0.1) is 5.41 Å². The van der Waals surface area contributed by atoms with Gasteiger partial charge in [-0.3, -0.25) is 4.79 Å². The summed E-state index contributed by atoms with van der Waals surface area (Å²) < 4.78 is 24.6. The molecule has 0 radical (unpaired) electrons. The molecule has 0 amide bonds. The van der Waals surface area contributed by atoms with Gasteiger partial charge in [0.05, 0.1) is 4.90 Å². The highest BCUT2D eigenvalue weighted by atomic mass is 79.9. The van der Waals surface area contributed by atoms with Crippen molar-refractivity contribution < 1.29 is 18.3 Å². The Morgan fingerprint density at radius 1 is 1.14 bits per heavy atom. The molecular weight excluding hydrogens is 356 g/mol. The molecule has 1 spiro atoms. The van der Waals surface area contributed by atoms with E-state index in [9.17, 15) is 18.3 Å². The molecule has 2 aliphatic rings. The summed E-state index contributed by atoms with van der Waals surface area (Å²) in [6.45, 7) is 0. The molecule has 1 aromatic rings. The summed E-state index contributed by atoms with van der Waals surface area (Å²) in [7, 11) is -3.90. The zero-order valence-corrected chi connectivity index (χ0v) is 13.9. The summed E-state index contributed by atoms with van der Waals surface area (Å²) >= 11 is 3.23. The maximum Gasteiger partial charge on any atom is 0.325 e. The third-order valence-corrected chi connectivity index (χ3v) is 8.40. The van der Waals surface area contributed by atoms with E-state index >= 15 is 0 Å². The molecule has 4 nitrogen and oxygen atoms in total. The van der Waals surface area contributed by atoms with E-state index in [0.717, 1.165) is 25.7 Å². The Balaban J connectivity index is 2.03. The van der Waals surface area contributed by atoms with Crippen LogP contribution >= 0.6 is 15.9 Å².